The third-order valence-corrected chi connectivity index (χ3v) is 5.25. The van der Waals surface area contributed by atoms with Crippen molar-refractivity contribution in [2.24, 2.45) is 0 Å². The highest BCUT2D eigenvalue weighted by Crippen LogP contribution is 2.23. The van der Waals surface area contributed by atoms with E-state index in [1.165, 1.54) is 23.0 Å². The van der Waals surface area contributed by atoms with E-state index in [2.05, 4.69) is 16.1 Å². The Labute approximate surface area is 179 Å². The number of non-ortho nitro benzene ring substituents is 1. The fourth-order valence-corrected chi connectivity index (χ4v) is 3.61. The molecule has 0 atom stereocenters. The van der Waals surface area contributed by atoms with Crippen molar-refractivity contribution in [3.8, 4) is 5.69 Å². The van der Waals surface area contributed by atoms with Crippen molar-refractivity contribution in [3.05, 3.63) is 82.2 Å². The molecule has 0 aliphatic carbocycles. The third-order valence-electron chi connectivity index (χ3n) is 5.25. The van der Waals surface area contributed by atoms with Crippen LogP contribution in [0.4, 0.5) is 11.4 Å². The van der Waals surface area contributed by atoms with Crippen molar-refractivity contribution < 1.29 is 14.5 Å². The second kappa shape index (κ2) is 8.97. The summed E-state index contributed by atoms with van der Waals surface area (Å²) >= 11 is 0. The average Bonchev–Trinajstić information content (AvgIpc) is 3.30. The van der Waals surface area contributed by atoms with Crippen LogP contribution in [0.25, 0.3) is 5.69 Å². The maximum absolute atomic E-state index is 13.0. The number of amides is 1. The second-order valence-electron chi connectivity index (χ2n) is 7.34. The molecule has 1 aromatic heterocycles. The Kier molecular flexibility index (Phi) is 5.94. The van der Waals surface area contributed by atoms with E-state index in [4.69, 9.17) is 4.74 Å². The number of anilines is 1. The van der Waals surface area contributed by atoms with Gasteiger partial charge in [0, 0.05) is 50.7 Å². The van der Waals surface area contributed by atoms with E-state index in [9.17, 15) is 14.9 Å². The van der Waals surface area contributed by atoms with Gasteiger partial charge in [-0.2, -0.15) is 5.10 Å². The summed E-state index contributed by atoms with van der Waals surface area (Å²) < 4.78 is 6.98. The van der Waals surface area contributed by atoms with Crippen LogP contribution in [0.3, 0.4) is 0 Å². The van der Waals surface area contributed by atoms with Crippen molar-refractivity contribution in [1.82, 2.24) is 14.7 Å². The van der Waals surface area contributed by atoms with Gasteiger partial charge in [0.2, 0.25) is 0 Å². The van der Waals surface area contributed by atoms with Gasteiger partial charge in [-0.3, -0.25) is 14.9 Å². The summed E-state index contributed by atoms with van der Waals surface area (Å²) in [4.78, 5) is 27.3. The molecule has 0 bridgehead atoms. The van der Waals surface area contributed by atoms with E-state index < -0.39 is 4.92 Å². The maximum atomic E-state index is 13.0. The van der Waals surface area contributed by atoms with Gasteiger partial charge in [-0.1, -0.05) is 18.2 Å². The van der Waals surface area contributed by atoms with Crippen LogP contribution in [-0.2, 0) is 11.3 Å². The minimum Gasteiger partial charge on any atom is -0.378 e. The predicted octanol–water partition coefficient (Wildman–Crippen LogP) is 2.89. The van der Waals surface area contributed by atoms with Gasteiger partial charge >= 0.3 is 0 Å². The summed E-state index contributed by atoms with van der Waals surface area (Å²) in [7, 11) is 1.77. The number of hydrogen-bond acceptors (Lipinski definition) is 6. The molecule has 0 spiro atoms. The molecule has 160 valence electrons. The number of nitrogens with zero attached hydrogens (tertiary/aromatic N) is 5. The van der Waals surface area contributed by atoms with Gasteiger partial charge in [0.05, 0.1) is 35.6 Å². The molecular weight excluding hydrogens is 398 g/mol. The number of rotatable bonds is 6. The zero-order valence-corrected chi connectivity index (χ0v) is 17.2. The lowest BCUT2D eigenvalue weighted by molar-refractivity contribution is -0.384. The fourth-order valence-electron chi connectivity index (χ4n) is 3.61. The average molecular weight is 421 g/mol. The number of nitro groups is 1. The zero-order chi connectivity index (χ0) is 21.8. The van der Waals surface area contributed by atoms with Gasteiger partial charge < -0.3 is 14.5 Å². The number of aromatic nitrogens is 2. The molecular formula is C22H23N5O4. The van der Waals surface area contributed by atoms with Gasteiger partial charge in [0.1, 0.15) is 0 Å². The highest BCUT2D eigenvalue weighted by atomic mass is 16.6. The monoisotopic (exact) mass is 421 g/mol. The highest BCUT2D eigenvalue weighted by molar-refractivity contribution is 5.93. The molecule has 3 aromatic rings. The molecule has 1 amide bonds. The number of carbonyl (C=O) groups is 1. The van der Waals surface area contributed by atoms with Gasteiger partial charge in [0.15, 0.2) is 0 Å². The van der Waals surface area contributed by atoms with Crippen LogP contribution in [-0.4, -0.2) is 58.9 Å². The smallest absolute Gasteiger partial charge is 0.269 e. The van der Waals surface area contributed by atoms with E-state index in [1.807, 2.05) is 18.2 Å². The topological polar surface area (TPSA) is 93.7 Å². The number of benzene rings is 2. The molecule has 2 aromatic carbocycles. The van der Waals surface area contributed by atoms with E-state index in [0.29, 0.717) is 31.0 Å². The quantitative estimate of drug-likeness (QED) is 0.449. The molecule has 0 unspecified atom stereocenters. The first-order valence-corrected chi connectivity index (χ1v) is 9.98. The number of hydrogen-bond donors (Lipinski definition) is 0. The van der Waals surface area contributed by atoms with Gasteiger partial charge in [0.25, 0.3) is 11.6 Å². The summed E-state index contributed by atoms with van der Waals surface area (Å²) in [5.41, 5.74) is 3.29. The number of para-hydroxylation sites is 1. The third kappa shape index (κ3) is 4.56. The predicted molar refractivity (Wildman–Crippen MR) is 115 cm³/mol. The fraction of sp³-hybridized carbons (Fsp3) is 0.273. The summed E-state index contributed by atoms with van der Waals surface area (Å²) in [6.07, 6.45) is 3.14. The lowest BCUT2D eigenvalue weighted by atomic mass is 10.1. The summed E-state index contributed by atoms with van der Waals surface area (Å²) in [5.74, 6) is -0.148. The molecule has 0 N–H and O–H groups in total. The van der Waals surface area contributed by atoms with E-state index in [0.717, 1.165) is 24.3 Å². The molecule has 31 heavy (non-hydrogen) atoms. The summed E-state index contributed by atoms with van der Waals surface area (Å²) in [6, 6.07) is 14.1. The Balaban J connectivity index is 1.48. The van der Waals surface area contributed by atoms with Crippen molar-refractivity contribution in [2.45, 2.75) is 6.54 Å². The Bertz CT molecular complexity index is 1070. The Morgan fingerprint density at radius 3 is 2.58 bits per heavy atom. The molecule has 9 heteroatoms. The number of nitro benzene ring substituents is 1. The van der Waals surface area contributed by atoms with Crippen LogP contribution in [0.2, 0.25) is 0 Å². The Hall–Kier alpha value is -3.72. The van der Waals surface area contributed by atoms with Crippen LogP contribution in [0.15, 0.2) is 60.9 Å². The summed E-state index contributed by atoms with van der Waals surface area (Å²) in [6.45, 7) is 3.53. The van der Waals surface area contributed by atoms with Crippen LogP contribution in [0.1, 0.15) is 15.9 Å². The maximum Gasteiger partial charge on any atom is 0.269 e. The van der Waals surface area contributed by atoms with E-state index in [-0.39, 0.29) is 11.6 Å². The van der Waals surface area contributed by atoms with Crippen LogP contribution < -0.4 is 4.90 Å². The van der Waals surface area contributed by atoms with Crippen LogP contribution >= 0.6 is 0 Å². The minimum absolute atomic E-state index is 0.00544. The molecule has 1 aliphatic rings. The molecule has 1 aliphatic heterocycles. The highest BCUT2D eigenvalue weighted by Gasteiger charge is 2.19. The van der Waals surface area contributed by atoms with E-state index in [1.54, 1.807) is 30.3 Å². The number of morpholine rings is 1. The molecule has 0 saturated carbocycles. The van der Waals surface area contributed by atoms with Crippen molar-refractivity contribution in [1.29, 1.82) is 0 Å². The Morgan fingerprint density at radius 1 is 1.16 bits per heavy atom. The zero-order valence-electron chi connectivity index (χ0n) is 17.2. The van der Waals surface area contributed by atoms with Crippen LogP contribution in [0.5, 0.6) is 0 Å². The molecule has 9 nitrogen and oxygen atoms in total. The lowest BCUT2D eigenvalue weighted by Crippen LogP contribution is -2.37. The van der Waals surface area contributed by atoms with Crippen molar-refractivity contribution >= 4 is 17.3 Å². The van der Waals surface area contributed by atoms with Crippen molar-refractivity contribution in [3.63, 3.8) is 0 Å². The first-order chi connectivity index (χ1) is 15.0. The second-order valence-corrected chi connectivity index (χ2v) is 7.34. The minimum atomic E-state index is -0.453. The van der Waals surface area contributed by atoms with Crippen molar-refractivity contribution in [2.75, 3.05) is 38.3 Å². The SMILES string of the molecule is CN(Cc1ccccc1N1CCOCC1)C(=O)c1cnn(-c2ccc([N+](=O)[O-])cc2)c1. The standard InChI is InChI=1S/C22H23N5O4/c1-24(15-17-4-2-3-5-21(17)25-10-12-31-13-11-25)22(28)18-14-23-26(16-18)19-6-8-20(9-7-19)27(29)30/h2-9,14,16H,10-13,15H2,1H3. The molecule has 4 rings (SSSR count). The largest absolute Gasteiger partial charge is 0.378 e. The van der Waals surface area contributed by atoms with Gasteiger partial charge in [-0.25, -0.2) is 4.68 Å². The first kappa shape index (κ1) is 20.5. The summed E-state index contributed by atoms with van der Waals surface area (Å²) in [5, 5.41) is 15.1. The molecule has 1 saturated heterocycles. The molecule has 2 heterocycles. The van der Waals surface area contributed by atoms with Crippen LogP contribution in [0, 0.1) is 10.1 Å². The number of carbonyl (C=O) groups excluding carboxylic acids is 1. The normalized spacial score (nSPS) is 13.8. The van der Waals surface area contributed by atoms with Gasteiger partial charge in [-0.15, -0.1) is 0 Å². The lowest BCUT2D eigenvalue weighted by Gasteiger charge is -2.31. The van der Waals surface area contributed by atoms with Gasteiger partial charge in [-0.05, 0) is 23.8 Å². The Morgan fingerprint density at radius 2 is 1.87 bits per heavy atom. The molecule has 0 radical (unpaired) electrons. The first-order valence-electron chi connectivity index (χ1n) is 9.98. The molecule has 1 fully saturated rings. The van der Waals surface area contributed by atoms with E-state index >= 15 is 0 Å². The number of ether oxygens (including phenoxy) is 1.